The van der Waals surface area contributed by atoms with E-state index in [1.165, 1.54) is 0 Å². The second kappa shape index (κ2) is 6.90. The van der Waals surface area contributed by atoms with E-state index in [1.54, 1.807) is 18.2 Å². The van der Waals surface area contributed by atoms with Gasteiger partial charge >= 0.3 is 0 Å². The molecule has 0 amide bonds. The van der Waals surface area contributed by atoms with Crippen molar-refractivity contribution < 1.29 is 9.47 Å². The maximum absolute atomic E-state index is 5.99. The fraction of sp³-hybridized carbons (Fsp3) is 0.200. The molecule has 0 unspecified atom stereocenters. The summed E-state index contributed by atoms with van der Waals surface area (Å²) < 4.78 is 11.1. The van der Waals surface area contributed by atoms with Gasteiger partial charge in [-0.05, 0) is 24.3 Å². The fourth-order valence-corrected chi connectivity index (χ4v) is 1.75. The van der Waals surface area contributed by atoms with E-state index in [1.807, 2.05) is 30.3 Å². The van der Waals surface area contributed by atoms with Gasteiger partial charge in [0, 0.05) is 18.2 Å². The van der Waals surface area contributed by atoms with Crippen LogP contribution in [0.4, 0.5) is 5.69 Å². The summed E-state index contributed by atoms with van der Waals surface area (Å²) in [6.45, 7) is 1.14. The Bertz CT molecular complexity index is 517. The van der Waals surface area contributed by atoms with Crippen LogP contribution in [0.1, 0.15) is 6.42 Å². The number of benzene rings is 2. The van der Waals surface area contributed by atoms with Crippen molar-refractivity contribution in [1.82, 2.24) is 0 Å². The molecule has 2 aromatic rings. The quantitative estimate of drug-likeness (QED) is 0.646. The molecule has 2 aromatic carbocycles. The van der Waals surface area contributed by atoms with Crippen LogP contribution in [0.5, 0.6) is 11.5 Å². The largest absolute Gasteiger partial charge is 0.493 e. The molecule has 2 rings (SSSR count). The summed E-state index contributed by atoms with van der Waals surface area (Å²) in [6.07, 6.45) is 0.778. The average molecular weight is 278 g/mol. The monoisotopic (exact) mass is 277 g/mol. The Balaban J connectivity index is 1.71. The third kappa shape index (κ3) is 4.38. The predicted molar refractivity (Wildman–Crippen MR) is 77.9 cm³/mol. The normalized spacial score (nSPS) is 10.2. The van der Waals surface area contributed by atoms with Crippen molar-refractivity contribution in [2.75, 3.05) is 18.9 Å². The molecule has 0 bridgehead atoms. The van der Waals surface area contributed by atoms with E-state index in [4.69, 9.17) is 26.8 Å². The van der Waals surface area contributed by atoms with Crippen LogP contribution in [-0.2, 0) is 0 Å². The van der Waals surface area contributed by atoms with E-state index in [0.29, 0.717) is 29.7 Å². The Labute approximate surface area is 117 Å². The highest BCUT2D eigenvalue weighted by molar-refractivity contribution is 6.32. The van der Waals surface area contributed by atoms with E-state index in [0.717, 1.165) is 12.2 Å². The predicted octanol–water partition coefficient (Wildman–Crippen LogP) is 3.77. The Morgan fingerprint density at radius 3 is 2.47 bits per heavy atom. The summed E-state index contributed by atoms with van der Waals surface area (Å²) in [7, 11) is 0. The summed E-state index contributed by atoms with van der Waals surface area (Å²) in [5.74, 6) is 1.48. The summed E-state index contributed by atoms with van der Waals surface area (Å²) in [6, 6.07) is 14.9. The van der Waals surface area contributed by atoms with Crippen LogP contribution in [0.3, 0.4) is 0 Å². The van der Waals surface area contributed by atoms with Crippen molar-refractivity contribution in [3.05, 3.63) is 53.6 Å². The molecule has 3 nitrogen and oxygen atoms in total. The van der Waals surface area contributed by atoms with Crippen molar-refractivity contribution in [2.24, 2.45) is 0 Å². The molecule has 19 heavy (non-hydrogen) atoms. The van der Waals surface area contributed by atoms with Crippen molar-refractivity contribution in [1.29, 1.82) is 0 Å². The minimum atomic E-state index is 0.538. The Kier molecular flexibility index (Phi) is 4.93. The van der Waals surface area contributed by atoms with Crippen LogP contribution in [0.2, 0.25) is 5.02 Å². The van der Waals surface area contributed by atoms with Gasteiger partial charge in [-0.3, -0.25) is 0 Å². The lowest BCUT2D eigenvalue weighted by molar-refractivity contribution is 0.247. The molecule has 0 aliphatic carbocycles. The molecule has 4 heteroatoms. The summed E-state index contributed by atoms with van der Waals surface area (Å²) in [4.78, 5) is 0. The lowest BCUT2D eigenvalue weighted by Gasteiger charge is -2.09. The van der Waals surface area contributed by atoms with Crippen molar-refractivity contribution >= 4 is 17.3 Å². The second-order valence-electron chi connectivity index (χ2n) is 4.05. The maximum Gasteiger partial charge on any atom is 0.139 e. The van der Waals surface area contributed by atoms with Crippen LogP contribution in [0.15, 0.2) is 48.5 Å². The van der Waals surface area contributed by atoms with Crippen LogP contribution in [0.25, 0.3) is 0 Å². The maximum atomic E-state index is 5.99. The summed E-state index contributed by atoms with van der Waals surface area (Å²) in [5, 5.41) is 0.568. The van der Waals surface area contributed by atoms with Crippen LogP contribution in [-0.4, -0.2) is 13.2 Å². The first-order chi connectivity index (χ1) is 9.25. The number of nitrogens with two attached hydrogens (primary N) is 1. The highest BCUT2D eigenvalue weighted by atomic mass is 35.5. The number of halogens is 1. The third-order valence-electron chi connectivity index (χ3n) is 2.51. The van der Waals surface area contributed by atoms with Gasteiger partial charge in [0.1, 0.15) is 11.5 Å². The molecule has 0 radical (unpaired) electrons. The number of nitrogen functional groups attached to an aromatic ring is 1. The number of para-hydroxylation sites is 1. The smallest absolute Gasteiger partial charge is 0.139 e. The topological polar surface area (TPSA) is 44.5 Å². The zero-order valence-electron chi connectivity index (χ0n) is 10.5. The van der Waals surface area contributed by atoms with Gasteiger partial charge in [0.2, 0.25) is 0 Å². The van der Waals surface area contributed by atoms with Gasteiger partial charge in [-0.1, -0.05) is 29.8 Å². The lowest BCUT2D eigenvalue weighted by Crippen LogP contribution is -2.05. The van der Waals surface area contributed by atoms with Crippen LogP contribution < -0.4 is 15.2 Å². The van der Waals surface area contributed by atoms with Gasteiger partial charge in [-0.15, -0.1) is 0 Å². The van der Waals surface area contributed by atoms with Crippen molar-refractivity contribution in [3.8, 4) is 11.5 Å². The highest BCUT2D eigenvalue weighted by Crippen LogP contribution is 2.26. The lowest BCUT2D eigenvalue weighted by atomic mass is 10.3. The fourth-order valence-electron chi connectivity index (χ4n) is 1.58. The minimum absolute atomic E-state index is 0.538. The zero-order valence-corrected chi connectivity index (χ0v) is 11.3. The average Bonchev–Trinajstić information content (AvgIpc) is 2.43. The molecule has 0 fully saturated rings. The molecule has 0 saturated carbocycles. The van der Waals surface area contributed by atoms with E-state index in [9.17, 15) is 0 Å². The van der Waals surface area contributed by atoms with Crippen LogP contribution >= 0.6 is 11.6 Å². The molecule has 0 aliphatic heterocycles. The van der Waals surface area contributed by atoms with E-state index < -0.39 is 0 Å². The molecular weight excluding hydrogens is 262 g/mol. The van der Waals surface area contributed by atoms with E-state index in [2.05, 4.69) is 0 Å². The Morgan fingerprint density at radius 2 is 1.68 bits per heavy atom. The molecule has 0 aromatic heterocycles. The Morgan fingerprint density at radius 1 is 0.947 bits per heavy atom. The van der Waals surface area contributed by atoms with Gasteiger partial charge in [0.15, 0.2) is 0 Å². The van der Waals surface area contributed by atoms with Gasteiger partial charge in [0.05, 0.1) is 18.2 Å². The van der Waals surface area contributed by atoms with E-state index in [-0.39, 0.29) is 0 Å². The van der Waals surface area contributed by atoms with E-state index >= 15 is 0 Å². The summed E-state index contributed by atoms with van der Waals surface area (Å²) in [5.41, 5.74) is 6.31. The first-order valence-corrected chi connectivity index (χ1v) is 6.49. The molecular formula is C15H16ClNO2. The highest BCUT2D eigenvalue weighted by Gasteiger charge is 2.01. The summed E-state index contributed by atoms with van der Waals surface area (Å²) >= 11 is 5.99. The van der Waals surface area contributed by atoms with Crippen molar-refractivity contribution in [3.63, 3.8) is 0 Å². The molecule has 0 heterocycles. The number of hydrogen-bond donors (Lipinski definition) is 1. The van der Waals surface area contributed by atoms with Gasteiger partial charge in [-0.25, -0.2) is 0 Å². The first-order valence-electron chi connectivity index (χ1n) is 6.11. The third-order valence-corrected chi connectivity index (χ3v) is 2.83. The SMILES string of the molecule is Nc1ccc(Cl)c(OCCCOc2ccccc2)c1. The molecule has 0 aliphatic rings. The number of hydrogen-bond acceptors (Lipinski definition) is 3. The first kappa shape index (κ1) is 13.6. The van der Waals surface area contributed by atoms with Crippen molar-refractivity contribution in [2.45, 2.75) is 6.42 Å². The number of rotatable bonds is 6. The van der Waals surface area contributed by atoms with Gasteiger partial charge in [-0.2, -0.15) is 0 Å². The Hall–Kier alpha value is -1.87. The van der Waals surface area contributed by atoms with Gasteiger partial charge in [0.25, 0.3) is 0 Å². The molecule has 0 saturated heterocycles. The second-order valence-corrected chi connectivity index (χ2v) is 4.46. The standard InChI is InChI=1S/C15H16ClNO2/c16-14-8-7-12(17)11-15(14)19-10-4-9-18-13-5-2-1-3-6-13/h1-3,5-8,11H,4,9-10,17H2. The minimum Gasteiger partial charge on any atom is -0.493 e. The molecule has 0 spiro atoms. The number of ether oxygens (including phenoxy) is 2. The zero-order chi connectivity index (χ0) is 13.5. The van der Waals surface area contributed by atoms with Gasteiger partial charge < -0.3 is 15.2 Å². The van der Waals surface area contributed by atoms with Crippen LogP contribution in [0, 0.1) is 0 Å². The molecule has 0 atom stereocenters. The number of anilines is 1. The molecule has 2 N–H and O–H groups in total. The molecule has 100 valence electrons.